The molecule has 5 heteroatoms. The number of hydrogen-bond acceptors (Lipinski definition) is 4. The first kappa shape index (κ1) is 13.8. The predicted molar refractivity (Wildman–Crippen MR) is 74.0 cm³/mol. The predicted octanol–water partition coefficient (Wildman–Crippen LogP) is 1.48. The van der Waals surface area contributed by atoms with Crippen LogP contribution in [0, 0.1) is 0 Å². The van der Waals surface area contributed by atoms with E-state index in [4.69, 9.17) is 10.5 Å². The normalized spacial score (nSPS) is 20.1. The third kappa shape index (κ3) is 3.44. The van der Waals surface area contributed by atoms with Crippen LogP contribution in [0.2, 0.25) is 0 Å². The fourth-order valence-corrected chi connectivity index (χ4v) is 2.28. The highest BCUT2D eigenvalue weighted by Gasteiger charge is 2.21. The molecule has 1 aliphatic rings. The number of hydrogen-bond donors (Lipinski definition) is 1. The van der Waals surface area contributed by atoms with E-state index in [1.54, 1.807) is 6.07 Å². The summed E-state index contributed by atoms with van der Waals surface area (Å²) < 4.78 is 5.56. The highest BCUT2D eigenvalue weighted by atomic mass is 16.5. The van der Waals surface area contributed by atoms with E-state index in [1.807, 2.05) is 24.8 Å². The number of carbonyl (C=O) groups is 1. The fraction of sp³-hybridized carbons (Fsp3) is 0.571. The standard InChI is InChI=1S/C14H21N3O2/c1-3-12-7-11(8-13(15)16-12)14(18)17-5-4-6-19-10(2)9-17/h7-8,10H,3-6,9H2,1-2H3,(H2,15,16). The Morgan fingerprint density at radius 3 is 3.11 bits per heavy atom. The van der Waals surface area contributed by atoms with Gasteiger partial charge in [0.05, 0.1) is 6.10 Å². The lowest BCUT2D eigenvalue weighted by molar-refractivity contribution is 0.0562. The van der Waals surface area contributed by atoms with Crippen molar-refractivity contribution in [3.63, 3.8) is 0 Å². The number of nitrogens with two attached hydrogens (primary N) is 1. The molecule has 1 aliphatic heterocycles. The van der Waals surface area contributed by atoms with E-state index in [0.29, 0.717) is 24.5 Å². The zero-order chi connectivity index (χ0) is 13.8. The molecule has 1 unspecified atom stereocenters. The first-order valence-corrected chi connectivity index (χ1v) is 6.77. The number of carbonyl (C=O) groups excluding carboxylic acids is 1. The smallest absolute Gasteiger partial charge is 0.254 e. The molecule has 2 heterocycles. The summed E-state index contributed by atoms with van der Waals surface area (Å²) in [6.07, 6.45) is 1.72. The van der Waals surface area contributed by atoms with Crippen LogP contribution in [0.5, 0.6) is 0 Å². The van der Waals surface area contributed by atoms with Crippen LogP contribution >= 0.6 is 0 Å². The largest absolute Gasteiger partial charge is 0.384 e. The summed E-state index contributed by atoms with van der Waals surface area (Å²) in [7, 11) is 0. The first-order valence-electron chi connectivity index (χ1n) is 6.77. The van der Waals surface area contributed by atoms with Crippen LogP contribution in [0.4, 0.5) is 5.82 Å². The molecule has 2 rings (SSSR count). The number of ether oxygens (including phenoxy) is 1. The van der Waals surface area contributed by atoms with Gasteiger partial charge in [0.25, 0.3) is 5.91 Å². The van der Waals surface area contributed by atoms with Crippen molar-refractivity contribution in [3.8, 4) is 0 Å². The van der Waals surface area contributed by atoms with Gasteiger partial charge >= 0.3 is 0 Å². The van der Waals surface area contributed by atoms with Crippen LogP contribution in [0.15, 0.2) is 12.1 Å². The van der Waals surface area contributed by atoms with Crippen LogP contribution < -0.4 is 5.73 Å². The molecule has 1 aromatic rings. The van der Waals surface area contributed by atoms with Crippen molar-refractivity contribution >= 4 is 11.7 Å². The van der Waals surface area contributed by atoms with Gasteiger partial charge in [-0.2, -0.15) is 0 Å². The van der Waals surface area contributed by atoms with Gasteiger partial charge in [0.2, 0.25) is 0 Å². The Balaban J connectivity index is 2.20. The zero-order valence-electron chi connectivity index (χ0n) is 11.6. The Bertz CT molecular complexity index is 462. The summed E-state index contributed by atoms with van der Waals surface area (Å²) in [5.74, 6) is 0.419. The van der Waals surface area contributed by atoms with Gasteiger partial charge in [0, 0.05) is 31.0 Å². The maximum absolute atomic E-state index is 12.5. The van der Waals surface area contributed by atoms with Crippen molar-refractivity contribution in [1.29, 1.82) is 0 Å². The second-order valence-electron chi connectivity index (χ2n) is 4.91. The maximum Gasteiger partial charge on any atom is 0.254 e. The van der Waals surface area contributed by atoms with Crippen molar-refractivity contribution in [1.82, 2.24) is 9.88 Å². The van der Waals surface area contributed by atoms with Crippen LogP contribution in [0.3, 0.4) is 0 Å². The molecule has 19 heavy (non-hydrogen) atoms. The van der Waals surface area contributed by atoms with E-state index < -0.39 is 0 Å². The number of nitrogen functional groups attached to an aromatic ring is 1. The molecule has 0 bridgehead atoms. The summed E-state index contributed by atoms with van der Waals surface area (Å²) in [4.78, 5) is 18.5. The molecule has 0 aliphatic carbocycles. The number of pyridine rings is 1. The lowest BCUT2D eigenvalue weighted by Crippen LogP contribution is -2.36. The van der Waals surface area contributed by atoms with Crippen LogP contribution in [0.1, 0.15) is 36.3 Å². The van der Waals surface area contributed by atoms with E-state index >= 15 is 0 Å². The van der Waals surface area contributed by atoms with Crippen molar-refractivity contribution in [2.45, 2.75) is 32.8 Å². The van der Waals surface area contributed by atoms with E-state index in [9.17, 15) is 4.79 Å². The lowest BCUT2D eigenvalue weighted by atomic mass is 10.1. The Labute approximate surface area is 113 Å². The molecule has 1 saturated heterocycles. The third-order valence-corrected chi connectivity index (χ3v) is 3.25. The first-order chi connectivity index (χ1) is 9.10. The molecule has 0 aromatic carbocycles. The molecule has 1 aromatic heterocycles. The number of nitrogens with zero attached hydrogens (tertiary/aromatic N) is 2. The van der Waals surface area contributed by atoms with Crippen molar-refractivity contribution in [3.05, 3.63) is 23.4 Å². The van der Waals surface area contributed by atoms with Gasteiger partial charge in [0.15, 0.2) is 0 Å². The van der Waals surface area contributed by atoms with Crippen molar-refractivity contribution in [2.24, 2.45) is 0 Å². The zero-order valence-corrected chi connectivity index (χ0v) is 11.6. The molecule has 2 N–H and O–H groups in total. The number of aromatic nitrogens is 1. The van der Waals surface area contributed by atoms with E-state index in [2.05, 4.69) is 4.98 Å². The Kier molecular flexibility index (Phi) is 4.37. The minimum absolute atomic E-state index is 0.0150. The van der Waals surface area contributed by atoms with Gasteiger partial charge in [-0.1, -0.05) is 6.92 Å². The van der Waals surface area contributed by atoms with Crippen molar-refractivity contribution < 1.29 is 9.53 Å². The van der Waals surface area contributed by atoms with Gasteiger partial charge in [-0.05, 0) is 31.9 Å². The van der Waals surface area contributed by atoms with Crippen LogP contribution in [-0.2, 0) is 11.2 Å². The maximum atomic E-state index is 12.5. The molecular formula is C14H21N3O2. The van der Waals surface area contributed by atoms with Crippen LogP contribution in [0.25, 0.3) is 0 Å². The monoisotopic (exact) mass is 263 g/mol. The Morgan fingerprint density at radius 2 is 2.37 bits per heavy atom. The molecule has 0 radical (unpaired) electrons. The minimum atomic E-state index is 0.0150. The average Bonchev–Trinajstić information content (AvgIpc) is 2.61. The topological polar surface area (TPSA) is 68.5 Å². The molecule has 0 saturated carbocycles. The molecule has 104 valence electrons. The molecule has 5 nitrogen and oxygen atoms in total. The summed E-state index contributed by atoms with van der Waals surface area (Å²) >= 11 is 0. The summed E-state index contributed by atoms with van der Waals surface area (Å²) in [6.45, 7) is 6.06. The Morgan fingerprint density at radius 1 is 1.58 bits per heavy atom. The van der Waals surface area contributed by atoms with E-state index in [0.717, 1.165) is 25.1 Å². The number of rotatable bonds is 2. The quantitative estimate of drug-likeness (QED) is 0.877. The SMILES string of the molecule is CCc1cc(C(=O)N2CCCOC(C)C2)cc(N)n1. The number of aryl methyl sites for hydroxylation is 1. The Hall–Kier alpha value is -1.62. The van der Waals surface area contributed by atoms with E-state index in [-0.39, 0.29) is 12.0 Å². The summed E-state index contributed by atoms with van der Waals surface area (Å²) in [5, 5.41) is 0. The van der Waals surface area contributed by atoms with Crippen LogP contribution in [-0.4, -0.2) is 41.6 Å². The van der Waals surface area contributed by atoms with Gasteiger partial charge < -0.3 is 15.4 Å². The van der Waals surface area contributed by atoms with Gasteiger partial charge in [-0.15, -0.1) is 0 Å². The molecule has 1 atom stereocenters. The summed E-state index contributed by atoms with van der Waals surface area (Å²) in [6, 6.07) is 3.48. The van der Waals surface area contributed by atoms with Gasteiger partial charge in [0.1, 0.15) is 5.82 Å². The van der Waals surface area contributed by atoms with E-state index in [1.165, 1.54) is 0 Å². The average molecular weight is 263 g/mol. The molecular weight excluding hydrogens is 242 g/mol. The minimum Gasteiger partial charge on any atom is -0.384 e. The second kappa shape index (κ2) is 6.02. The van der Waals surface area contributed by atoms with Gasteiger partial charge in [-0.3, -0.25) is 4.79 Å². The van der Waals surface area contributed by atoms with Crippen molar-refractivity contribution in [2.75, 3.05) is 25.4 Å². The lowest BCUT2D eigenvalue weighted by Gasteiger charge is -2.22. The number of anilines is 1. The number of amides is 1. The third-order valence-electron chi connectivity index (χ3n) is 3.25. The highest BCUT2D eigenvalue weighted by Crippen LogP contribution is 2.14. The summed E-state index contributed by atoms with van der Waals surface area (Å²) in [5.41, 5.74) is 7.23. The highest BCUT2D eigenvalue weighted by molar-refractivity contribution is 5.95. The molecule has 1 fully saturated rings. The molecule has 1 amide bonds. The van der Waals surface area contributed by atoms with Gasteiger partial charge in [-0.25, -0.2) is 4.98 Å². The molecule has 0 spiro atoms. The fourth-order valence-electron chi connectivity index (χ4n) is 2.28. The second-order valence-corrected chi connectivity index (χ2v) is 4.91.